The molecule has 0 atom stereocenters. The lowest BCUT2D eigenvalue weighted by Crippen LogP contribution is -2.30. The normalized spacial score (nSPS) is 11.7. The van der Waals surface area contributed by atoms with Gasteiger partial charge in [0.05, 0.1) is 0 Å². The number of nitrogens with one attached hydrogen (secondary N) is 2. The largest absolute Gasteiger partial charge is 0.508 e. The Bertz CT molecular complexity index is 1140. The Morgan fingerprint density at radius 1 is 0.938 bits per heavy atom. The van der Waals surface area contributed by atoms with E-state index in [4.69, 9.17) is 0 Å². The molecule has 6 heteroatoms. The first-order valence-electron chi connectivity index (χ1n) is 10.1. The van der Waals surface area contributed by atoms with Crippen molar-refractivity contribution in [2.24, 2.45) is 0 Å². The summed E-state index contributed by atoms with van der Waals surface area (Å²) in [5.41, 5.74) is 2.79. The zero-order chi connectivity index (χ0) is 23.3. The van der Waals surface area contributed by atoms with E-state index in [-0.39, 0.29) is 22.8 Å². The molecule has 0 fully saturated rings. The van der Waals surface area contributed by atoms with Gasteiger partial charge < -0.3 is 15.7 Å². The van der Waals surface area contributed by atoms with Gasteiger partial charge in [-0.15, -0.1) is 0 Å². The van der Waals surface area contributed by atoms with E-state index in [2.05, 4.69) is 47.3 Å². The monoisotopic (exact) mass is 492 g/mol. The number of carbonyl (C=O) groups is 2. The van der Waals surface area contributed by atoms with Gasteiger partial charge >= 0.3 is 0 Å². The van der Waals surface area contributed by atoms with Crippen molar-refractivity contribution >= 4 is 39.5 Å². The Hall–Kier alpha value is -3.38. The smallest absolute Gasteiger partial charge is 0.272 e. The molecule has 0 aliphatic heterocycles. The summed E-state index contributed by atoms with van der Waals surface area (Å²) in [6.45, 7) is 6.31. The third kappa shape index (κ3) is 6.31. The van der Waals surface area contributed by atoms with Crippen LogP contribution in [0.3, 0.4) is 0 Å². The van der Waals surface area contributed by atoms with Gasteiger partial charge in [0.2, 0.25) is 0 Å². The van der Waals surface area contributed by atoms with E-state index in [9.17, 15) is 14.7 Å². The minimum absolute atomic E-state index is 0.0250. The summed E-state index contributed by atoms with van der Waals surface area (Å²) in [6, 6.07) is 20.9. The number of benzene rings is 3. The van der Waals surface area contributed by atoms with Crippen LogP contribution >= 0.6 is 15.9 Å². The van der Waals surface area contributed by atoms with Crippen molar-refractivity contribution in [3.8, 4) is 5.75 Å². The van der Waals surface area contributed by atoms with Gasteiger partial charge in [0.25, 0.3) is 11.8 Å². The van der Waals surface area contributed by atoms with E-state index in [1.165, 1.54) is 12.1 Å². The molecule has 32 heavy (non-hydrogen) atoms. The maximum atomic E-state index is 13.0. The van der Waals surface area contributed by atoms with Crippen LogP contribution in [0.25, 0.3) is 6.08 Å². The van der Waals surface area contributed by atoms with E-state index in [0.29, 0.717) is 11.3 Å². The number of anilines is 1. The van der Waals surface area contributed by atoms with Crippen LogP contribution in [0.15, 0.2) is 83.0 Å². The van der Waals surface area contributed by atoms with E-state index in [1.807, 2.05) is 36.4 Å². The Morgan fingerprint density at radius 2 is 1.59 bits per heavy atom. The lowest BCUT2D eigenvalue weighted by atomic mass is 9.87. The third-order valence-electron chi connectivity index (χ3n) is 4.79. The van der Waals surface area contributed by atoms with Crippen molar-refractivity contribution in [1.29, 1.82) is 0 Å². The van der Waals surface area contributed by atoms with Crippen molar-refractivity contribution in [1.82, 2.24) is 5.32 Å². The third-order valence-corrected chi connectivity index (χ3v) is 5.32. The van der Waals surface area contributed by atoms with Crippen LogP contribution < -0.4 is 10.6 Å². The first-order valence-corrected chi connectivity index (χ1v) is 10.9. The fourth-order valence-electron chi connectivity index (χ4n) is 2.98. The number of hydrogen-bond acceptors (Lipinski definition) is 3. The standard InChI is InChI=1S/C26H25BrN2O3/c1-26(2,3)19-11-9-18(10-12-19)24(31)29-23(15-17-7-13-20(27)14-8-17)25(32)28-21-5-4-6-22(30)16-21/h4-16,30H,1-3H3,(H,28,32)(H,29,31)/b23-15-. The van der Waals surface area contributed by atoms with Crippen LogP contribution in [0.5, 0.6) is 5.75 Å². The van der Waals surface area contributed by atoms with Crippen LogP contribution in [-0.2, 0) is 10.2 Å². The van der Waals surface area contributed by atoms with Crippen LogP contribution in [0.2, 0.25) is 0 Å². The predicted octanol–water partition coefficient (Wildman–Crippen LogP) is 5.86. The molecule has 0 spiro atoms. The second-order valence-electron chi connectivity index (χ2n) is 8.40. The Balaban J connectivity index is 1.87. The van der Waals surface area contributed by atoms with Gasteiger partial charge in [0.15, 0.2) is 0 Å². The molecule has 2 amide bonds. The summed E-state index contributed by atoms with van der Waals surface area (Å²) >= 11 is 3.39. The number of halogens is 1. The van der Waals surface area contributed by atoms with Crippen molar-refractivity contribution in [2.75, 3.05) is 5.32 Å². The first kappa shape index (κ1) is 23.3. The molecule has 0 saturated heterocycles. The summed E-state index contributed by atoms with van der Waals surface area (Å²) in [4.78, 5) is 25.9. The van der Waals surface area contributed by atoms with E-state index < -0.39 is 5.91 Å². The summed E-state index contributed by atoms with van der Waals surface area (Å²) in [5.74, 6) is -0.859. The lowest BCUT2D eigenvalue weighted by molar-refractivity contribution is -0.113. The van der Waals surface area contributed by atoms with Gasteiger partial charge in [-0.25, -0.2) is 0 Å². The molecule has 164 valence electrons. The second kappa shape index (κ2) is 9.83. The highest BCUT2D eigenvalue weighted by Crippen LogP contribution is 2.22. The molecule has 0 aliphatic carbocycles. The highest BCUT2D eigenvalue weighted by atomic mass is 79.9. The van der Waals surface area contributed by atoms with Crippen LogP contribution in [-0.4, -0.2) is 16.9 Å². The number of amides is 2. The first-order chi connectivity index (χ1) is 15.1. The SMILES string of the molecule is CC(C)(C)c1ccc(C(=O)N/C(=C\c2ccc(Br)cc2)C(=O)Nc2cccc(O)c2)cc1. The predicted molar refractivity (Wildman–Crippen MR) is 131 cm³/mol. The Kier molecular flexibility index (Phi) is 7.15. The number of aromatic hydroxyl groups is 1. The van der Waals surface area contributed by atoms with E-state index in [0.717, 1.165) is 15.6 Å². The molecule has 3 aromatic carbocycles. The van der Waals surface area contributed by atoms with Gasteiger partial charge in [-0.3, -0.25) is 9.59 Å². The van der Waals surface area contributed by atoms with Crippen molar-refractivity contribution in [2.45, 2.75) is 26.2 Å². The fourth-order valence-corrected chi connectivity index (χ4v) is 3.25. The van der Waals surface area contributed by atoms with Crippen LogP contribution in [0.1, 0.15) is 42.3 Å². The summed E-state index contributed by atoms with van der Waals surface area (Å²) in [5, 5.41) is 15.1. The molecule has 3 aromatic rings. The Labute approximate surface area is 196 Å². The molecule has 5 nitrogen and oxygen atoms in total. The molecule has 0 bridgehead atoms. The lowest BCUT2D eigenvalue weighted by Gasteiger charge is -2.19. The summed E-state index contributed by atoms with van der Waals surface area (Å²) in [7, 11) is 0. The zero-order valence-electron chi connectivity index (χ0n) is 18.1. The molecule has 0 heterocycles. The van der Waals surface area contributed by atoms with Gasteiger partial charge in [-0.2, -0.15) is 0 Å². The number of phenolic OH excluding ortho intramolecular Hbond substituents is 1. The average Bonchev–Trinajstić information content (AvgIpc) is 2.74. The minimum Gasteiger partial charge on any atom is -0.508 e. The van der Waals surface area contributed by atoms with Gasteiger partial charge in [0.1, 0.15) is 11.4 Å². The maximum absolute atomic E-state index is 13.0. The topological polar surface area (TPSA) is 78.4 Å². The van der Waals surface area contributed by atoms with Crippen LogP contribution in [0, 0.1) is 0 Å². The van der Waals surface area contributed by atoms with Crippen molar-refractivity contribution < 1.29 is 14.7 Å². The minimum atomic E-state index is -0.502. The molecule has 0 aliphatic rings. The number of rotatable bonds is 5. The molecule has 0 radical (unpaired) electrons. The summed E-state index contributed by atoms with van der Waals surface area (Å²) in [6.07, 6.45) is 1.60. The molecule has 0 saturated carbocycles. The van der Waals surface area contributed by atoms with Crippen LogP contribution in [0.4, 0.5) is 5.69 Å². The zero-order valence-corrected chi connectivity index (χ0v) is 19.7. The summed E-state index contributed by atoms with van der Waals surface area (Å²) < 4.78 is 0.906. The van der Waals surface area contributed by atoms with Gasteiger partial charge in [0, 0.05) is 21.8 Å². The Morgan fingerprint density at radius 3 is 2.19 bits per heavy atom. The molecule has 3 rings (SSSR count). The van der Waals surface area contributed by atoms with Gasteiger partial charge in [-0.1, -0.05) is 67.0 Å². The highest BCUT2D eigenvalue weighted by molar-refractivity contribution is 9.10. The van der Waals surface area contributed by atoms with Crippen molar-refractivity contribution in [3.05, 3.63) is 99.7 Å². The van der Waals surface area contributed by atoms with Gasteiger partial charge in [-0.05, 0) is 59.0 Å². The molecular weight excluding hydrogens is 468 g/mol. The maximum Gasteiger partial charge on any atom is 0.272 e. The number of hydrogen-bond donors (Lipinski definition) is 3. The molecule has 0 unspecified atom stereocenters. The van der Waals surface area contributed by atoms with Crippen molar-refractivity contribution in [3.63, 3.8) is 0 Å². The molecule has 0 aromatic heterocycles. The quantitative estimate of drug-likeness (QED) is 0.390. The molecule has 3 N–H and O–H groups in total. The fraction of sp³-hybridized carbons (Fsp3) is 0.154. The van der Waals surface area contributed by atoms with E-state index >= 15 is 0 Å². The number of phenols is 1. The highest BCUT2D eigenvalue weighted by Gasteiger charge is 2.17. The number of carbonyl (C=O) groups excluding carboxylic acids is 2. The second-order valence-corrected chi connectivity index (χ2v) is 9.31. The van der Waals surface area contributed by atoms with E-state index in [1.54, 1.807) is 30.3 Å². The molecular formula is C26H25BrN2O3. The average molecular weight is 493 g/mol.